The van der Waals surface area contributed by atoms with Gasteiger partial charge < -0.3 is 24.6 Å². The molecule has 0 aliphatic rings. The summed E-state index contributed by atoms with van der Waals surface area (Å²) < 4.78 is 12.0. The number of benzene rings is 4. The Labute approximate surface area is 240 Å². The molecule has 0 radical (unpaired) electrons. The van der Waals surface area contributed by atoms with Crippen LogP contribution in [-0.4, -0.2) is 52.5 Å². The number of aromatic carboxylic acids is 1. The minimum atomic E-state index is -0.995. The lowest BCUT2D eigenvalue weighted by Crippen LogP contribution is -2.39. The first-order valence-corrected chi connectivity index (χ1v) is 13.5. The highest BCUT2D eigenvalue weighted by Gasteiger charge is 2.23. The molecule has 7 nitrogen and oxygen atoms in total. The lowest BCUT2D eigenvalue weighted by molar-refractivity contribution is 0.0266. The van der Waals surface area contributed by atoms with Gasteiger partial charge in [0.25, 0.3) is 0 Å². The Hall–Kier alpha value is -4.78. The molecule has 1 amide bonds. The van der Waals surface area contributed by atoms with E-state index in [-0.39, 0.29) is 24.5 Å². The number of hydrogen-bond acceptors (Lipinski definition) is 5. The van der Waals surface area contributed by atoms with E-state index in [4.69, 9.17) is 9.47 Å². The third-order valence-electron chi connectivity index (χ3n) is 6.34. The molecule has 41 heavy (non-hydrogen) atoms. The second kappa shape index (κ2) is 13.0. The van der Waals surface area contributed by atoms with Crippen LogP contribution in [0.2, 0.25) is 0 Å². The fraction of sp³-hybridized carbons (Fsp3) is 0.235. The number of rotatable bonds is 10. The number of carbonyl (C=O) groups is 2. The maximum atomic E-state index is 13.3. The first-order valence-electron chi connectivity index (χ1n) is 13.5. The van der Waals surface area contributed by atoms with Crippen LogP contribution in [0.15, 0.2) is 96.6 Å². The van der Waals surface area contributed by atoms with Gasteiger partial charge in [0.05, 0.1) is 5.56 Å². The predicted octanol–water partition coefficient (Wildman–Crippen LogP) is 7.19. The van der Waals surface area contributed by atoms with Crippen molar-refractivity contribution in [3.05, 3.63) is 113 Å². The summed E-state index contributed by atoms with van der Waals surface area (Å²) in [5.41, 5.74) is 2.08. The van der Waals surface area contributed by atoms with Gasteiger partial charge in [-0.05, 0) is 79.6 Å². The molecule has 0 saturated carbocycles. The van der Waals surface area contributed by atoms with Crippen molar-refractivity contribution >= 4 is 28.9 Å². The van der Waals surface area contributed by atoms with Crippen LogP contribution in [0.4, 0.5) is 4.79 Å². The third-order valence-corrected chi connectivity index (χ3v) is 6.34. The Bertz CT molecular complexity index is 1510. The van der Waals surface area contributed by atoms with Crippen molar-refractivity contribution in [2.75, 3.05) is 19.7 Å². The number of nitrogens with zero attached hydrogens (tertiary/aromatic N) is 1. The van der Waals surface area contributed by atoms with Crippen molar-refractivity contribution in [2.45, 2.75) is 32.8 Å². The Morgan fingerprint density at radius 3 is 2.24 bits per heavy atom. The largest absolute Gasteiger partial charge is 0.508 e. The normalized spacial score (nSPS) is 11.7. The minimum Gasteiger partial charge on any atom is -0.508 e. The minimum absolute atomic E-state index is 0.183. The van der Waals surface area contributed by atoms with Gasteiger partial charge in [-0.25, -0.2) is 9.59 Å². The molecule has 0 aliphatic heterocycles. The van der Waals surface area contributed by atoms with Gasteiger partial charge in [-0.3, -0.25) is 0 Å². The topological polar surface area (TPSA) is 96.3 Å². The number of carboxylic acid groups (broad SMARTS) is 1. The number of aromatic hydroxyl groups is 1. The van der Waals surface area contributed by atoms with E-state index in [9.17, 15) is 19.8 Å². The Morgan fingerprint density at radius 2 is 1.56 bits per heavy atom. The third kappa shape index (κ3) is 8.60. The number of hydrogen-bond donors (Lipinski definition) is 2. The average Bonchev–Trinajstić information content (AvgIpc) is 2.94. The number of ether oxygens (including phenoxy) is 2. The molecule has 212 valence electrons. The fourth-order valence-corrected chi connectivity index (χ4v) is 4.32. The standard InChI is InChI=1S/C34H35NO6/c1-34(2,3)41-33(39)35(20-19-24-13-17-29(36)18-14-24)22-26(21-25-11-15-28(16-12-25)32(37)38)23-40-31-10-6-8-27-7-4-5-9-30(27)31/h4-18,21,36H,19-20,22-23H2,1-3H3,(H,37,38)/b26-21-. The van der Waals surface area contributed by atoms with Crippen molar-refractivity contribution in [2.24, 2.45) is 0 Å². The highest BCUT2D eigenvalue weighted by atomic mass is 16.6. The molecule has 4 rings (SSSR count). The van der Waals surface area contributed by atoms with Gasteiger partial charge >= 0.3 is 12.1 Å². The highest BCUT2D eigenvalue weighted by Crippen LogP contribution is 2.26. The van der Waals surface area contributed by atoms with Gasteiger partial charge in [-0.15, -0.1) is 0 Å². The summed E-state index contributed by atoms with van der Waals surface area (Å²) in [7, 11) is 0. The zero-order valence-electron chi connectivity index (χ0n) is 23.5. The van der Waals surface area contributed by atoms with E-state index in [1.54, 1.807) is 41.3 Å². The molecular weight excluding hydrogens is 518 g/mol. The number of amides is 1. The second-order valence-corrected chi connectivity index (χ2v) is 10.8. The predicted molar refractivity (Wildman–Crippen MR) is 160 cm³/mol. The zero-order valence-corrected chi connectivity index (χ0v) is 23.5. The maximum Gasteiger partial charge on any atom is 0.410 e. The van der Waals surface area contributed by atoms with E-state index in [1.807, 2.05) is 81.4 Å². The van der Waals surface area contributed by atoms with Crippen LogP contribution < -0.4 is 4.74 Å². The number of carbonyl (C=O) groups excluding carboxylic acids is 1. The fourth-order valence-electron chi connectivity index (χ4n) is 4.32. The van der Waals surface area contributed by atoms with Gasteiger partial charge in [0.15, 0.2) is 0 Å². The SMILES string of the molecule is CC(C)(C)OC(=O)N(CCc1ccc(O)cc1)C/C(=C/c1ccc(C(=O)O)cc1)COc1cccc2ccccc12. The monoisotopic (exact) mass is 553 g/mol. The molecule has 0 atom stereocenters. The summed E-state index contributed by atoms with van der Waals surface area (Å²) in [5.74, 6) is -0.0871. The lowest BCUT2D eigenvalue weighted by Gasteiger charge is -2.28. The van der Waals surface area contributed by atoms with Crippen LogP contribution in [0.25, 0.3) is 16.8 Å². The van der Waals surface area contributed by atoms with Crippen molar-refractivity contribution < 1.29 is 29.3 Å². The van der Waals surface area contributed by atoms with Gasteiger partial charge in [0.1, 0.15) is 23.7 Å². The van der Waals surface area contributed by atoms with E-state index in [1.165, 1.54) is 0 Å². The van der Waals surface area contributed by atoms with Crippen LogP contribution in [0.1, 0.15) is 42.3 Å². The molecule has 0 aliphatic carbocycles. The second-order valence-electron chi connectivity index (χ2n) is 10.8. The first kappa shape index (κ1) is 29.2. The Kier molecular flexibility index (Phi) is 9.30. The molecule has 0 saturated heterocycles. The Balaban J connectivity index is 1.62. The Morgan fingerprint density at radius 1 is 0.878 bits per heavy atom. The first-order chi connectivity index (χ1) is 19.6. The van der Waals surface area contributed by atoms with Crippen molar-refractivity contribution in [3.63, 3.8) is 0 Å². The summed E-state index contributed by atoms with van der Waals surface area (Å²) in [4.78, 5) is 26.3. The molecule has 0 aromatic heterocycles. The van der Waals surface area contributed by atoms with Crippen LogP contribution >= 0.6 is 0 Å². The van der Waals surface area contributed by atoms with Gasteiger partial charge in [0.2, 0.25) is 0 Å². The average molecular weight is 554 g/mol. The highest BCUT2D eigenvalue weighted by molar-refractivity contribution is 5.88. The molecule has 2 N–H and O–H groups in total. The van der Waals surface area contributed by atoms with Crippen LogP contribution in [0.5, 0.6) is 11.5 Å². The van der Waals surface area contributed by atoms with Crippen molar-refractivity contribution in [3.8, 4) is 11.5 Å². The van der Waals surface area contributed by atoms with Crippen LogP contribution in [-0.2, 0) is 11.2 Å². The van der Waals surface area contributed by atoms with Crippen LogP contribution in [0.3, 0.4) is 0 Å². The molecule has 4 aromatic carbocycles. The summed E-state index contributed by atoms with van der Waals surface area (Å²) in [6, 6.07) is 27.3. The number of carboxylic acids is 1. The van der Waals surface area contributed by atoms with Crippen molar-refractivity contribution in [1.82, 2.24) is 4.90 Å². The number of fused-ring (bicyclic) bond motifs is 1. The number of phenols is 1. The molecule has 0 fully saturated rings. The zero-order chi connectivity index (χ0) is 29.4. The molecule has 0 bridgehead atoms. The molecular formula is C34H35NO6. The lowest BCUT2D eigenvalue weighted by atomic mass is 10.1. The molecule has 0 spiro atoms. The molecule has 4 aromatic rings. The van der Waals surface area contributed by atoms with E-state index < -0.39 is 17.7 Å². The molecule has 0 heterocycles. The summed E-state index contributed by atoms with van der Waals surface area (Å²) in [5, 5.41) is 21.0. The van der Waals surface area contributed by atoms with Gasteiger partial charge in [-0.1, -0.05) is 66.7 Å². The maximum absolute atomic E-state index is 13.3. The van der Waals surface area contributed by atoms with E-state index >= 15 is 0 Å². The van der Waals surface area contributed by atoms with Crippen molar-refractivity contribution in [1.29, 1.82) is 0 Å². The summed E-state index contributed by atoms with van der Waals surface area (Å²) in [6.07, 6.45) is 2.02. The summed E-state index contributed by atoms with van der Waals surface area (Å²) >= 11 is 0. The quantitative estimate of drug-likeness (QED) is 0.216. The van der Waals surface area contributed by atoms with E-state index in [0.717, 1.165) is 33.2 Å². The summed E-state index contributed by atoms with van der Waals surface area (Å²) in [6.45, 7) is 6.29. The molecule has 0 unspecified atom stereocenters. The number of phenolic OH excluding ortho intramolecular Hbond substituents is 1. The van der Waals surface area contributed by atoms with E-state index in [0.29, 0.717) is 13.0 Å². The smallest absolute Gasteiger partial charge is 0.410 e. The van der Waals surface area contributed by atoms with Gasteiger partial charge in [-0.2, -0.15) is 0 Å². The van der Waals surface area contributed by atoms with Crippen LogP contribution in [0, 0.1) is 0 Å². The van der Waals surface area contributed by atoms with E-state index in [2.05, 4.69) is 0 Å². The van der Waals surface area contributed by atoms with Gasteiger partial charge in [0, 0.05) is 18.5 Å². The molecule has 7 heteroatoms.